The van der Waals surface area contributed by atoms with E-state index in [1.165, 1.54) is 12.5 Å². The number of phenolic OH excluding ortho intramolecular Hbond substituents is 1. The number of amides is 1. The van der Waals surface area contributed by atoms with Crippen molar-refractivity contribution in [3.8, 4) is 5.75 Å². The van der Waals surface area contributed by atoms with Crippen molar-refractivity contribution < 1.29 is 14.3 Å². The smallest absolute Gasteiger partial charge is 0.274 e. The van der Waals surface area contributed by atoms with Crippen LogP contribution >= 0.6 is 31.9 Å². The van der Waals surface area contributed by atoms with Crippen molar-refractivity contribution in [3.05, 3.63) is 50.3 Å². The average Bonchev–Trinajstić information content (AvgIpc) is 2.82. The molecule has 0 bridgehead atoms. The number of rotatable bonds is 3. The molecule has 0 aliphatic heterocycles. The average molecular weight is 402 g/mol. The Morgan fingerprint density at radius 2 is 2.05 bits per heavy atom. The molecule has 0 fully saturated rings. The number of aromatic hydroxyl groups is 1. The van der Waals surface area contributed by atoms with Crippen LogP contribution < -0.4 is 5.43 Å². The Hall–Kier alpha value is -1.60. The van der Waals surface area contributed by atoms with Gasteiger partial charge in [0.15, 0.2) is 0 Å². The number of nitrogens with one attached hydrogen (secondary N) is 1. The molecule has 2 rings (SSSR count). The van der Waals surface area contributed by atoms with Crippen LogP contribution in [0, 0.1) is 6.92 Å². The van der Waals surface area contributed by atoms with Crippen LogP contribution in [0.5, 0.6) is 5.75 Å². The van der Waals surface area contributed by atoms with Crippen molar-refractivity contribution in [2.45, 2.75) is 6.92 Å². The standard InChI is InChI=1S/C13H10Br2N2O3/c1-7-9(2-3-20-7)13(19)17-16-6-8-4-10(14)12(18)11(15)5-8/h2-6,18H,1H3,(H,17,19)/b16-6-. The molecular formula is C13H10Br2N2O3. The van der Waals surface area contributed by atoms with Gasteiger partial charge in [0.1, 0.15) is 11.5 Å². The van der Waals surface area contributed by atoms with Gasteiger partial charge in [0.2, 0.25) is 0 Å². The van der Waals surface area contributed by atoms with Gasteiger partial charge in [-0.25, -0.2) is 5.43 Å². The van der Waals surface area contributed by atoms with Crippen LogP contribution in [0.2, 0.25) is 0 Å². The summed E-state index contributed by atoms with van der Waals surface area (Å²) in [4.78, 5) is 11.8. The quantitative estimate of drug-likeness (QED) is 0.609. The maximum absolute atomic E-state index is 11.8. The highest BCUT2D eigenvalue weighted by Crippen LogP contribution is 2.32. The third-order valence-electron chi connectivity index (χ3n) is 2.52. The van der Waals surface area contributed by atoms with Gasteiger partial charge in [-0.15, -0.1) is 0 Å². The number of nitrogens with zero attached hydrogens (tertiary/aromatic N) is 1. The number of hydrogen-bond acceptors (Lipinski definition) is 4. The number of aryl methyl sites for hydroxylation is 1. The fraction of sp³-hybridized carbons (Fsp3) is 0.0769. The van der Waals surface area contributed by atoms with Gasteiger partial charge in [-0.05, 0) is 62.5 Å². The minimum absolute atomic E-state index is 0.111. The second-order valence-electron chi connectivity index (χ2n) is 3.92. The van der Waals surface area contributed by atoms with Crippen molar-refractivity contribution in [2.75, 3.05) is 0 Å². The predicted molar refractivity (Wildman–Crippen MR) is 82.0 cm³/mol. The molecule has 104 valence electrons. The van der Waals surface area contributed by atoms with E-state index in [-0.39, 0.29) is 11.7 Å². The maximum atomic E-state index is 11.8. The fourth-order valence-electron chi connectivity index (χ4n) is 1.51. The lowest BCUT2D eigenvalue weighted by molar-refractivity contribution is 0.0953. The summed E-state index contributed by atoms with van der Waals surface area (Å²) in [6.45, 7) is 1.70. The molecule has 1 aromatic carbocycles. The van der Waals surface area contributed by atoms with Crippen LogP contribution in [0.1, 0.15) is 21.7 Å². The SMILES string of the molecule is Cc1occc1C(=O)N/N=C\c1cc(Br)c(O)c(Br)c1. The molecule has 1 amide bonds. The number of carbonyl (C=O) groups is 1. The van der Waals surface area contributed by atoms with E-state index in [1.807, 2.05) is 0 Å². The number of halogens is 2. The summed E-state index contributed by atoms with van der Waals surface area (Å²) in [6, 6.07) is 4.94. The van der Waals surface area contributed by atoms with E-state index in [1.54, 1.807) is 25.1 Å². The molecule has 20 heavy (non-hydrogen) atoms. The monoisotopic (exact) mass is 400 g/mol. The highest BCUT2D eigenvalue weighted by Gasteiger charge is 2.10. The first-order valence-corrected chi connectivity index (χ1v) is 7.13. The van der Waals surface area contributed by atoms with Crippen LogP contribution in [0.15, 0.2) is 42.9 Å². The fourth-order valence-corrected chi connectivity index (χ4v) is 2.73. The molecule has 0 spiro atoms. The summed E-state index contributed by atoms with van der Waals surface area (Å²) in [6.07, 6.45) is 2.92. The Labute approximate surface area is 131 Å². The molecule has 0 saturated carbocycles. The van der Waals surface area contributed by atoms with E-state index in [0.717, 1.165) is 0 Å². The van der Waals surface area contributed by atoms with E-state index in [2.05, 4.69) is 42.4 Å². The lowest BCUT2D eigenvalue weighted by atomic mass is 10.2. The normalized spacial score (nSPS) is 10.9. The van der Waals surface area contributed by atoms with Gasteiger partial charge in [-0.1, -0.05) is 0 Å². The Morgan fingerprint density at radius 3 is 2.60 bits per heavy atom. The van der Waals surface area contributed by atoms with Crippen molar-refractivity contribution in [1.82, 2.24) is 5.43 Å². The maximum Gasteiger partial charge on any atom is 0.274 e. The molecular weight excluding hydrogens is 392 g/mol. The molecule has 0 atom stereocenters. The van der Waals surface area contributed by atoms with Gasteiger partial charge in [0.25, 0.3) is 5.91 Å². The third-order valence-corrected chi connectivity index (χ3v) is 3.73. The van der Waals surface area contributed by atoms with Gasteiger partial charge in [0.05, 0.1) is 27.0 Å². The van der Waals surface area contributed by atoms with Crippen molar-refractivity contribution in [1.29, 1.82) is 0 Å². The molecule has 1 aromatic heterocycles. The minimum Gasteiger partial charge on any atom is -0.506 e. The van der Waals surface area contributed by atoms with Crippen molar-refractivity contribution in [2.24, 2.45) is 5.10 Å². The van der Waals surface area contributed by atoms with E-state index in [0.29, 0.717) is 25.8 Å². The Bertz CT molecular complexity index is 657. The number of benzene rings is 1. The van der Waals surface area contributed by atoms with Crippen molar-refractivity contribution in [3.63, 3.8) is 0 Å². The summed E-state index contributed by atoms with van der Waals surface area (Å²) in [5.74, 6) is 0.303. The van der Waals surface area contributed by atoms with Crippen LogP contribution in [0.4, 0.5) is 0 Å². The highest BCUT2D eigenvalue weighted by molar-refractivity contribution is 9.11. The largest absolute Gasteiger partial charge is 0.506 e. The van der Waals surface area contributed by atoms with Crippen LogP contribution in [0.25, 0.3) is 0 Å². The molecule has 7 heteroatoms. The first-order valence-electron chi connectivity index (χ1n) is 5.54. The van der Waals surface area contributed by atoms with E-state index < -0.39 is 0 Å². The molecule has 5 nitrogen and oxygen atoms in total. The van der Waals surface area contributed by atoms with Crippen LogP contribution in [0.3, 0.4) is 0 Å². The number of hydrogen-bond donors (Lipinski definition) is 2. The molecule has 0 unspecified atom stereocenters. The first kappa shape index (κ1) is 14.8. The Morgan fingerprint density at radius 1 is 1.40 bits per heavy atom. The van der Waals surface area contributed by atoms with Crippen LogP contribution in [-0.4, -0.2) is 17.2 Å². The number of carbonyl (C=O) groups excluding carboxylic acids is 1. The Kier molecular flexibility index (Phi) is 4.61. The van der Waals surface area contributed by atoms with Gasteiger partial charge in [0, 0.05) is 0 Å². The molecule has 1 heterocycles. The second-order valence-corrected chi connectivity index (χ2v) is 5.63. The summed E-state index contributed by atoms with van der Waals surface area (Å²) in [5.41, 5.74) is 3.56. The van der Waals surface area contributed by atoms with Gasteiger partial charge < -0.3 is 9.52 Å². The molecule has 0 aliphatic rings. The molecule has 2 aromatic rings. The lowest BCUT2D eigenvalue weighted by Crippen LogP contribution is -2.17. The Balaban J connectivity index is 2.08. The number of hydrazone groups is 1. The van der Waals surface area contributed by atoms with E-state index in [4.69, 9.17) is 4.42 Å². The summed E-state index contributed by atoms with van der Waals surface area (Å²) in [5, 5.41) is 13.4. The van der Waals surface area contributed by atoms with Gasteiger partial charge >= 0.3 is 0 Å². The zero-order valence-corrected chi connectivity index (χ0v) is 13.5. The first-order chi connectivity index (χ1) is 9.49. The van der Waals surface area contributed by atoms with E-state index >= 15 is 0 Å². The number of furan rings is 1. The topological polar surface area (TPSA) is 74.8 Å². The van der Waals surface area contributed by atoms with Crippen LogP contribution in [-0.2, 0) is 0 Å². The summed E-state index contributed by atoms with van der Waals surface area (Å²) < 4.78 is 6.11. The zero-order valence-electron chi connectivity index (χ0n) is 10.4. The highest BCUT2D eigenvalue weighted by atomic mass is 79.9. The minimum atomic E-state index is -0.343. The van der Waals surface area contributed by atoms with Gasteiger partial charge in [-0.2, -0.15) is 5.10 Å². The molecule has 2 N–H and O–H groups in total. The molecule has 0 radical (unpaired) electrons. The van der Waals surface area contributed by atoms with Gasteiger partial charge in [-0.3, -0.25) is 4.79 Å². The number of phenols is 1. The lowest BCUT2D eigenvalue weighted by Gasteiger charge is -2.02. The molecule has 0 aliphatic carbocycles. The predicted octanol–water partition coefficient (Wildman–Crippen LogP) is 3.58. The third kappa shape index (κ3) is 3.29. The zero-order chi connectivity index (χ0) is 14.7. The summed E-state index contributed by atoms with van der Waals surface area (Å²) >= 11 is 6.43. The molecule has 0 saturated heterocycles. The van der Waals surface area contributed by atoms with E-state index in [9.17, 15) is 9.90 Å². The summed E-state index contributed by atoms with van der Waals surface area (Å²) in [7, 11) is 0. The second kappa shape index (κ2) is 6.23. The van der Waals surface area contributed by atoms with Crippen molar-refractivity contribution >= 4 is 44.0 Å².